The van der Waals surface area contributed by atoms with Gasteiger partial charge < -0.3 is 14.4 Å². The van der Waals surface area contributed by atoms with Gasteiger partial charge in [0.1, 0.15) is 17.2 Å². The van der Waals surface area contributed by atoms with Gasteiger partial charge in [-0.15, -0.1) is 0 Å². The number of methoxy groups -OCH3 is 1. The van der Waals surface area contributed by atoms with Crippen LogP contribution in [-0.2, 0) is 6.42 Å². The van der Waals surface area contributed by atoms with Crippen LogP contribution in [0.25, 0.3) is 11.3 Å². The maximum Gasteiger partial charge on any atom is 0.273 e. The Bertz CT molecular complexity index is 1280. The van der Waals surface area contributed by atoms with Gasteiger partial charge in [0.05, 0.1) is 25.5 Å². The molecule has 4 aromatic rings. The highest BCUT2D eigenvalue weighted by molar-refractivity contribution is 6.00. The zero-order valence-corrected chi connectivity index (χ0v) is 20.0. The van der Waals surface area contributed by atoms with Crippen LogP contribution in [-0.4, -0.2) is 41.3 Å². The molecule has 1 unspecified atom stereocenters. The van der Waals surface area contributed by atoms with Crippen LogP contribution in [0.15, 0.2) is 78.9 Å². The second kappa shape index (κ2) is 10.1. The normalized spacial score (nSPS) is 14.7. The summed E-state index contributed by atoms with van der Waals surface area (Å²) in [5.74, 6) is 1.63. The van der Waals surface area contributed by atoms with E-state index in [9.17, 15) is 4.79 Å². The van der Waals surface area contributed by atoms with E-state index in [-0.39, 0.29) is 11.9 Å². The van der Waals surface area contributed by atoms with E-state index in [1.54, 1.807) is 7.11 Å². The Balaban J connectivity index is 1.49. The zero-order valence-electron chi connectivity index (χ0n) is 20.0. The average molecular weight is 468 g/mol. The number of nitrogens with one attached hydrogen (secondary N) is 1. The van der Waals surface area contributed by atoms with E-state index in [2.05, 4.69) is 29.3 Å². The lowest BCUT2D eigenvalue weighted by atomic mass is 9.96. The van der Waals surface area contributed by atoms with Crippen LogP contribution in [0.2, 0.25) is 0 Å². The van der Waals surface area contributed by atoms with E-state index in [0.717, 1.165) is 52.3 Å². The van der Waals surface area contributed by atoms with Crippen molar-refractivity contribution in [3.8, 4) is 22.8 Å². The molecule has 35 heavy (non-hydrogen) atoms. The smallest absolute Gasteiger partial charge is 0.273 e. The molecule has 6 nitrogen and oxygen atoms in total. The minimum atomic E-state index is -0.232. The number of rotatable bonds is 9. The summed E-state index contributed by atoms with van der Waals surface area (Å²) >= 11 is 0. The second-order valence-corrected chi connectivity index (χ2v) is 8.64. The van der Waals surface area contributed by atoms with Crippen LogP contribution in [0.5, 0.6) is 11.5 Å². The standard InChI is InChI=1S/C29H29N3O3/c1-3-19-35-24-15-11-22(12-16-24)28-25-26(21-7-5-4-6-8-21)30-31-27(25)29(33)32(28)18-17-20-9-13-23(34-2)14-10-20/h4-16,28H,3,17-19H2,1-2H3,(H,30,31). The van der Waals surface area contributed by atoms with Gasteiger partial charge in [0.2, 0.25) is 0 Å². The number of ether oxygens (including phenoxy) is 2. The van der Waals surface area contributed by atoms with Crippen LogP contribution in [0.1, 0.15) is 46.6 Å². The fourth-order valence-electron chi connectivity index (χ4n) is 4.60. The van der Waals surface area contributed by atoms with Crippen molar-refractivity contribution in [2.24, 2.45) is 0 Å². The summed E-state index contributed by atoms with van der Waals surface area (Å²) in [5.41, 5.74) is 5.49. The maximum absolute atomic E-state index is 13.6. The van der Waals surface area contributed by atoms with Crippen molar-refractivity contribution < 1.29 is 14.3 Å². The molecule has 1 aliphatic rings. The summed E-state index contributed by atoms with van der Waals surface area (Å²) in [4.78, 5) is 15.5. The molecule has 1 atom stereocenters. The molecule has 0 aliphatic carbocycles. The van der Waals surface area contributed by atoms with E-state index in [1.165, 1.54) is 0 Å². The summed E-state index contributed by atoms with van der Waals surface area (Å²) in [6.07, 6.45) is 1.69. The molecular weight excluding hydrogens is 438 g/mol. The SMILES string of the molecule is CCCOc1ccc(C2c3c(-c4ccccc4)n[nH]c3C(=O)N2CCc2ccc(OC)cc2)cc1. The first kappa shape index (κ1) is 22.7. The number of hydrogen-bond acceptors (Lipinski definition) is 4. The highest BCUT2D eigenvalue weighted by Gasteiger charge is 2.41. The molecule has 1 amide bonds. The predicted octanol–water partition coefficient (Wildman–Crippen LogP) is 5.66. The van der Waals surface area contributed by atoms with Crippen molar-refractivity contribution >= 4 is 5.91 Å². The largest absolute Gasteiger partial charge is 0.497 e. The zero-order chi connectivity index (χ0) is 24.2. The molecule has 0 radical (unpaired) electrons. The first-order valence-corrected chi connectivity index (χ1v) is 12.0. The van der Waals surface area contributed by atoms with E-state index in [0.29, 0.717) is 18.8 Å². The van der Waals surface area contributed by atoms with Crippen LogP contribution in [0, 0.1) is 0 Å². The van der Waals surface area contributed by atoms with Gasteiger partial charge in [-0.3, -0.25) is 9.89 Å². The summed E-state index contributed by atoms with van der Waals surface area (Å²) in [7, 11) is 1.66. The Morgan fingerprint density at radius 2 is 1.66 bits per heavy atom. The Kier molecular flexibility index (Phi) is 6.53. The topological polar surface area (TPSA) is 67.5 Å². The minimum absolute atomic E-state index is 0.0282. The van der Waals surface area contributed by atoms with Crippen LogP contribution in [0.3, 0.4) is 0 Å². The van der Waals surface area contributed by atoms with E-state index >= 15 is 0 Å². The molecule has 0 saturated heterocycles. The van der Waals surface area contributed by atoms with Gasteiger partial charge in [-0.1, -0.05) is 61.5 Å². The molecule has 0 spiro atoms. The molecule has 1 aliphatic heterocycles. The van der Waals surface area contributed by atoms with Crippen LogP contribution in [0.4, 0.5) is 0 Å². The van der Waals surface area contributed by atoms with Gasteiger partial charge in [0.25, 0.3) is 5.91 Å². The lowest BCUT2D eigenvalue weighted by Gasteiger charge is -2.26. The highest BCUT2D eigenvalue weighted by atomic mass is 16.5. The van der Waals surface area contributed by atoms with Crippen molar-refractivity contribution in [1.29, 1.82) is 0 Å². The Morgan fingerprint density at radius 1 is 0.943 bits per heavy atom. The number of fused-ring (bicyclic) bond motifs is 1. The first-order chi connectivity index (χ1) is 17.2. The lowest BCUT2D eigenvalue weighted by Crippen LogP contribution is -2.31. The fraction of sp³-hybridized carbons (Fsp3) is 0.241. The van der Waals surface area contributed by atoms with E-state index in [1.807, 2.05) is 71.6 Å². The van der Waals surface area contributed by atoms with Crippen molar-refractivity contribution in [2.45, 2.75) is 25.8 Å². The number of aromatic nitrogens is 2. The lowest BCUT2D eigenvalue weighted by molar-refractivity contribution is 0.0746. The molecular formula is C29H29N3O3. The predicted molar refractivity (Wildman–Crippen MR) is 136 cm³/mol. The molecule has 1 aromatic heterocycles. The summed E-state index contributed by atoms with van der Waals surface area (Å²) in [6, 6.07) is 25.9. The highest BCUT2D eigenvalue weighted by Crippen LogP contribution is 2.43. The average Bonchev–Trinajstić information content (AvgIpc) is 3.46. The molecule has 5 rings (SSSR count). The third kappa shape index (κ3) is 4.52. The van der Waals surface area contributed by atoms with Gasteiger partial charge in [-0.05, 0) is 48.2 Å². The van der Waals surface area contributed by atoms with Gasteiger partial charge in [-0.2, -0.15) is 5.10 Å². The molecule has 0 saturated carbocycles. The van der Waals surface area contributed by atoms with Crippen molar-refractivity contribution in [3.05, 3.63) is 101 Å². The van der Waals surface area contributed by atoms with E-state index < -0.39 is 0 Å². The molecule has 6 heteroatoms. The Morgan fingerprint density at radius 3 is 2.34 bits per heavy atom. The van der Waals surface area contributed by atoms with Crippen molar-refractivity contribution in [3.63, 3.8) is 0 Å². The first-order valence-electron chi connectivity index (χ1n) is 12.0. The third-order valence-electron chi connectivity index (χ3n) is 6.38. The number of nitrogens with zero attached hydrogens (tertiary/aromatic N) is 2. The summed E-state index contributed by atoms with van der Waals surface area (Å²) in [6.45, 7) is 3.35. The Labute approximate surface area is 205 Å². The summed E-state index contributed by atoms with van der Waals surface area (Å²) in [5, 5.41) is 7.59. The number of amides is 1. The van der Waals surface area contributed by atoms with Gasteiger partial charge in [0, 0.05) is 17.7 Å². The number of carbonyl (C=O) groups excluding carboxylic acids is 1. The molecule has 1 N–H and O–H groups in total. The van der Waals surface area contributed by atoms with Gasteiger partial charge in [0.15, 0.2) is 0 Å². The molecule has 0 bridgehead atoms. The van der Waals surface area contributed by atoms with Gasteiger partial charge in [-0.25, -0.2) is 0 Å². The second-order valence-electron chi connectivity index (χ2n) is 8.64. The minimum Gasteiger partial charge on any atom is -0.497 e. The quantitative estimate of drug-likeness (QED) is 0.345. The van der Waals surface area contributed by atoms with Crippen molar-refractivity contribution in [2.75, 3.05) is 20.3 Å². The number of H-pyrrole nitrogens is 1. The fourth-order valence-corrected chi connectivity index (χ4v) is 4.60. The number of aromatic amines is 1. The third-order valence-corrected chi connectivity index (χ3v) is 6.38. The van der Waals surface area contributed by atoms with E-state index in [4.69, 9.17) is 9.47 Å². The number of hydrogen-bond donors (Lipinski definition) is 1. The van der Waals surface area contributed by atoms with Crippen molar-refractivity contribution in [1.82, 2.24) is 15.1 Å². The molecule has 0 fully saturated rings. The number of benzene rings is 3. The van der Waals surface area contributed by atoms with Gasteiger partial charge >= 0.3 is 0 Å². The Hall–Kier alpha value is -4.06. The summed E-state index contributed by atoms with van der Waals surface area (Å²) < 4.78 is 11.1. The molecule has 3 aromatic carbocycles. The molecule has 2 heterocycles. The monoisotopic (exact) mass is 467 g/mol. The van der Waals surface area contributed by atoms with Crippen LogP contribution < -0.4 is 9.47 Å². The molecule has 178 valence electrons. The van der Waals surface area contributed by atoms with Crippen LogP contribution >= 0.6 is 0 Å². The number of carbonyl (C=O) groups is 1. The maximum atomic E-state index is 13.6.